The van der Waals surface area contributed by atoms with Crippen molar-refractivity contribution >= 4 is 5.78 Å². The average molecular weight is 322 g/mol. The summed E-state index contributed by atoms with van der Waals surface area (Å²) in [4.78, 5) is 11.5. The third kappa shape index (κ3) is 3.92. The second-order valence-corrected chi connectivity index (χ2v) is 5.15. The Morgan fingerprint density at radius 3 is 2.26 bits per heavy atom. The lowest BCUT2D eigenvalue weighted by molar-refractivity contribution is -0.138. The molecule has 0 atom stereocenters. The molecule has 122 valence electrons. The van der Waals surface area contributed by atoms with Crippen molar-refractivity contribution in [1.82, 2.24) is 0 Å². The normalized spacial score (nSPS) is 11.3. The molecule has 0 heterocycles. The molecule has 0 radical (unpaired) electrons. The Bertz CT molecular complexity index is 691. The zero-order valence-electron chi connectivity index (χ0n) is 12.9. The summed E-state index contributed by atoms with van der Waals surface area (Å²) in [5.74, 6) is -0.449. The number of carbonyl (C=O) groups is 1. The highest BCUT2D eigenvalue weighted by molar-refractivity contribution is 5.96. The highest BCUT2D eigenvalue weighted by Gasteiger charge is 2.38. The van der Waals surface area contributed by atoms with Gasteiger partial charge in [-0.1, -0.05) is 37.3 Å². The van der Waals surface area contributed by atoms with E-state index in [0.29, 0.717) is 0 Å². The number of Topliss-reactive ketones (excluding diaryl/α,β-unsaturated/α-hetero) is 1. The van der Waals surface area contributed by atoms with E-state index in [-0.39, 0.29) is 29.9 Å². The number of hydrogen-bond acceptors (Lipinski definition) is 2. The summed E-state index contributed by atoms with van der Waals surface area (Å²) in [5, 5.41) is 0. The van der Waals surface area contributed by atoms with Crippen molar-refractivity contribution in [2.75, 3.05) is 0 Å². The van der Waals surface area contributed by atoms with Crippen molar-refractivity contribution < 1.29 is 22.7 Å². The second kappa shape index (κ2) is 6.86. The van der Waals surface area contributed by atoms with Crippen LogP contribution in [0.15, 0.2) is 42.5 Å². The molecule has 2 aromatic carbocycles. The van der Waals surface area contributed by atoms with Gasteiger partial charge in [-0.2, -0.15) is 13.2 Å². The minimum absolute atomic E-state index is 0.0149. The largest absolute Gasteiger partial charge is 0.489 e. The lowest BCUT2D eigenvalue weighted by Gasteiger charge is -2.19. The summed E-state index contributed by atoms with van der Waals surface area (Å²) < 4.78 is 45.7. The molecule has 0 bridgehead atoms. The Morgan fingerprint density at radius 2 is 1.74 bits per heavy atom. The van der Waals surface area contributed by atoms with Crippen LogP contribution in [0, 0.1) is 0 Å². The molecular weight excluding hydrogens is 305 g/mol. The summed E-state index contributed by atoms with van der Waals surface area (Å²) in [6.45, 7) is 2.92. The highest BCUT2D eigenvalue weighted by atomic mass is 19.4. The number of halogens is 3. The molecule has 2 aromatic rings. The van der Waals surface area contributed by atoms with Crippen LogP contribution in [0.25, 0.3) is 0 Å². The van der Waals surface area contributed by atoms with Gasteiger partial charge < -0.3 is 4.74 Å². The molecule has 0 aromatic heterocycles. The van der Waals surface area contributed by atoms with Crippen LogP contribution in [-0.4, -0.2) is 5.78 Å². The van der Waals surface area contributed by atoms with Crippen LogP contribution < -0.4 is 4.74 Å². The van der Waals surface area contributed by atoms with Gasteiger partial charge in [-0.3, -0.25) is 4.79 Å². The van der Waals surface area contributed by atoms with Gasteiger partial charge in [-0.05, 0) is 31.0 Å². The van der Waals surface area contributed by atoms with Gasteiger partial charge in [0, 0.05) is 11.1 Å². The van der Waals surface area contributed by atoms with Gasteiger partial charge in [-0.25, -0.2) is 0 Å². The average Bonchev–Trinajstić information content (AvgIpc) is 2.51. The molecule has 23 heavy (non-hydrogen) atoms. The van der Waals surface area contributed by atoms with E-state index in [1.165, 1.54) is 12.1 Å². The number of rotatable bonds is 5. The molecule has 5 heteroatoms. The maximum absolute atomic E-state index is 13.4. The number of ketones is 1. The van der Waals surface area contributed by atoms with Crippen molar-refractivity contribution in [3.05, 3.63) is 64.7 Å². The molecule has 0 saturated carbocycles. The Hall–Kier alpha value is -2.30. The van der Waals surface area contributed by atoms with E-state index >= 15 is 0 Å². The summed E-state index contributed by atoms with van der Waals surface area (Å²) in [5.41, 5.74) is -0.334. The zero-order chi connectivity index (χ0) is 17.0. The van der Waals surface area contributed by atoms with E-state index in [2.05, 4.69) is 0 Å². The molecule has 0 N–H and O–H groups in total. The predicted molar refractivity (Wildman–Crippen MR) is 81.6 cm³/mol. The van der Waals surface area contributed by atoms with Crippen LogP contribution in [0.3, 0.4) is 0 Å². The van der Waals surface area contributed by atoms with E-state index in [1.54, 1.807) is 6.92 Å². The molecule has 0 spiro atoms. The van der Waals surface area contributed by atoms with Crippen LogP contribution in [-0.2, 0) is 19.2 Å². The van der Waals surface area contributed by atoms with E-state index < -0.39 is 17.5 Å². The van der Waals surface area contributed by atoms with Gasteiger partial charge in [-0.15, -0.1) is 0 Å². The Labute approximate surface area is 132 Å². The monoisotopic (exact) mass is 322 g/mol. The molecule has 2 rings (SSSR count). The van der Waals surface area contributed by atoms with Crippen LogP contribution in [0.4, 0.5) is 13.2 Å². The first-order valence-electron chi connectivity index (χ1n) is 7.25. The summed E-state index contributed by atoms with van der Waals surface area (Å²) in [6.07, 6.45) is -4.47. The smallest absolute Gasteiger partial charge is 0.417 e. The fourth-order valence-electron chi connectivity index (χ4n) is 2.47. The SMILES string of the molecule is CCc1c(OCc2ccccc2)ccc(C(C)=O)c1C(F)(F)F. The van der Waals surface area contributed by atoms with Crippen LogP contribution in [0.2, 0.25) is 0 Å². The topological polar surface area (TPSA) is 26.3 Å². The Morgan fingerprint density at radius 1 is 1.09 bits per heavy atom. The quantitative estimate of drug-likeness (QED) is 0.720. The maximum Gasteiger partial charge on any atom is 0.417 e. The molecule has 0 fully saturated rings. The summed E-state index contributed by atoms with van der Waals surface area (Å²) in [6, 6.07) is 11.8. The first-order chi connectivity index (χ1) is 10.8. The van der Waals surface area contributed by atoms with Crippen molar-refractivity contribution in [3.8, 4) is 5.75 Å². The van der Waals surface area contributed by atoms with Gasteiger partial charge in [0.05, 0.1) is 5.56 Å². The van der Waals surface area contributed by atoms with Crippen molar-refractivity contribution in [2.24, 2.45) is 0 Å². The first kappa shape index (κ1) is 17.1. The number of benzene rings is 2. The number of hydrogen-bond donors (Lipinski definition) is 0. The van der Waals surface area contributed by atoms with E-state index in [4.69, 9.17) is 4.74 Å². The van der Waals surface area contributed by atoms with Crippen LogP contribution >= 0.6 is 0 Å². The Balaban J connectivity index is 2.43. The third-order valence-electron chi connectivity index (χ3n) is 3.52. The number of alkyl halides is 3. The van der Waals surface area contributed by atoms with Gasteiger partial charge in [0.25, 0.3) is 0 Å². The lowest BCUT2D eigenvalue weighted by Crippen LogP contribution is -2.16. The molecule has 0 saturated heterocycles. The number of ether oxygens (including phenoxy) is 1. The summed E-state index contributed by atoms with van der Waals surface area (Å²) >= 11 is 0. The van der Waals surface area contributed by atoms with Gasteiger partial charge >= 0.3 is 6.18 Å². The van der Waals surface area contributed by atoms with Crippen LogP contribution in [0.1, 0.15) is 40.9 Å². The van der Waals surface area contributed by atoms with E-state index in [9.17, 15) is 18.0 Å². The minimum atomic E-state index is -4.60. The standard InChI is InChI=1S/C18H17F3O2/c1-3-14-16(23-11-13-7-5-4-6-8-13)10-9-15(12(2)22)17(14)18(19,20)21/h4-10H,3,11H2,1-2H3. The minimum Gasteiger partial charge on any atom is -0.489 e. The van der Waals surface area contributed by atoms with Crippen molar-refractivity contribution in [1.29, 1.82) is 0 Å². The maximum atomic E-state index is 13.4. The van der Waals surface area contributed by atoms with Crippen LogP contribution in [0.5, 0.6) is 5.75 Å². The molecule has 0 aliphatic carbocycles. The molecule has 0 aliphatic rings. The number of carbonyl (C=O) groups excluding carboxylic acids is 1. The molecular formula is C18H17F3O2. The zero-order valence-corrected chi connectivity index (χ0v) is 12.9. The summed E-state index contributed by atoms with van der Waals surface area (Å²) in [7, 11) is 0. The third-order valence-corrected chi connectivity index (χ3v) is 3.52. The molecule has 0 amide bonds. The molecule has 0 unspecified atom stereocenters. The van der Waals surface area contributed by atoms with Crippen molar-refractivity contribution in [2.45, 2.75) is 33.1 Å². The van der Waals surface area contributed by atoms with Crippen molar-refractivity contribution in [3.63, 3.8) is 0 Å². The fourth-order valence-corrected chi connectivity index (χ4v) is 2.47. The second-order valence-electron chi connectivity index (χ2n) is 5.15. The molecule has 2 nitrogen and oxygen atoms in total. The Kier molecular flexibility index (Phi) is 5.08. The van der Waals surface area contributed by atoms with E-state index in [0.717, 1.165) is 12.5 Å². The predicted octanol–water partition coefficient (Wildman–Crippen LogP) is 5.05. The molecule has 0 aliphatic heterocycles. The van der Waals surface area contributed by atoms with E-state index in [1.807, 2.05) is 30.3 Å². The fraction of sp³-hybridized carbons (Fsp3) is 0.278. The highest BCUT2D eigenvalue weighted by Crippen LogP contribution is 2.39. The lowest BCUT2D eigenvalue weighted by atomic mass is 9.95. The van der Waals surface area contributed by atoms with Gasteiger partial charge in [0.2, 0.25) is 0 Å². The van der Waals surface area contributed by atoms with Gasteiger partial charge in [0.1, 0.15) is 12.4 Å². The first-order valence-corrected chi connectivity index (χ1v) is 7.25. The van der Waals surface area contributed by atoms with Gasteiger partial charge in [0.15, 0.2) is 5.78 Å².